The predicted molar refractivity (Wildman–Crippen MR) is 111 cm³/mol. The van der Waals surface area contributed by atoms with Crippen molar-refractivity contribution in [2.75, 3.05) is 62.6 Å². The van der Waals surface area contributed by atoms with E-state index in [1.54, 1.807) is 4.90 Å². The third kappa shape index (κ3) is 6.03. The topological polar surface area (TPSA) is 48.1 Å². The van der Waals surface area contributed by atoms with E-state index in [4.69, 9.17) is 4.74 Å². The van der Waals surface area contributed by atoms with E-state index in [0.717, 1.165) is 26.2 Å². The van der Waals surface area contributed by atoms with E-state index < -0.39 is 5.60 Å². The van der Waals surface area contributed by atoms with Crippen LogP contribution < -0.4 is 10.2 Å². The summed E-state index contributed by atoms with van der Waals surface area (Å²) in [7, 11) is 0. The fraction of sp³-hybridized carbons (Fsp3) is 0.667. The standard InChI is InChI=1S/C21H34N4O2/c1-21(2,3)27-20(26)25-15-13-24(14-16-25)19-8-6-7-18(17-19)22-9-12-23-10-4-5-11-23/h6-8,17,22H,4-5,9-16H2,1-3H3. The number of likely N-dealkylation sites (tertiary alicyclic amines) is 1. The van der Waals surface area contributed by atoms with Crippen LogP contribution in [0.5, 0.6) is 0 Å². The average Bonchev–Trinajstić information content (AvgIpc) is 3.14. The van der Waals surface area contributed by atoms with Crippen LogP contribution in [0.4, 0.5) is 16.2 Å². The van der Waals surface area contributed by atoms with Gasteiger partial charge in [0, 0.05) is 50.6 Å². The molecule has 0 spiro atoms. The monoisotopic (exact) mass is 374 g/mol. The third-order valence-electron chi connectivity index (χ3n) is 5.10. The first-order chi connectivity index (χ1) is 12.9. The molecule has 0 atom stereocenters. The van der Waals surface area contributed by atoms with E-state index in [1.165, 1.54) is 37.3 Å². The van der Waals surface area contributed by atoms with Crippen molar-refractivity contribution in [2.24, 2.45) is 0 Å². The Kier molecular flexibility index (Phi) is 6.47. The lowest BCUT2D eigenvalue weighted by atomic mass is 10.2. The van der Waals surface area contributed by atoms with Gasteiger partial charge in [0.2, 0.25) is 0 Å². The van der Waals surface area contributed by atoms with Crippen molar-refractivity contribution in [3.8, 4) is 0 Å². The van der Waals surface area contributed by atoms with Gasteiger partial charge in [-0.1, -0.05) is 6.07 Å². The molecule has 1 aromatic rings. The minimum Gasteiger partial charge on any atom is -0.444 e. The van der Waals surface area contributed by atoms with E-state index in [0.29, 0.717) is 13.1 Å². The van der Waals surface area contributed by atoms with Crippen molar-refractivity contribution in [1.82, 2.24) is 9.80 Å². The summed E-state index contributed by atoms with van der Waals surface area (Å²) in [5, 5.41) is 3.55. The van der Waals surface area contributed by atoms with Gasteiger partial charge in [0.1, 0.15) is 5.60 Å². The molecule has 6 nitrogen and oxygen atoms in total. The van der Waals surface area contributed by atoms with E-state index in [1.807, 2.05) is 20.8 Å². The lowest BCUT2D eigenvalue weighted by Crippen LogP contribution is -2.50. The molecule has 2 aliphatic rings. The van der Waals surface area contributed by atoms with Gasteiger partial charge in [-0.05, 0) is 64.9 Å². The molecule has 0 bridgehead atoms. The number of nitrogens with one attached hydrogen (secondary N) is 1. The Bertz CT molecular complexity index is 615. The molecule has 2 heterocycles. The Morgan fingerprint density at radius 1 is 1.07 bits per heavy atom. The number of ether oxygens (including phenoxy) is 1. The molecule has 0 radical (unpaired) electrons. The van der Waals surface area contributed by atoms with Crippen molar-refractivity contribution in [3.05, 3.63) is 24.3 Å². The number of benzene rings is 1. The Hall–Kier alpha value is -1.95. The number of nitrogens with zero attached hydrogens (tertiary/aromatic N) is 3. The van der Waals surface area contributed by atoms with Crippen LogP contribution >= 0.6 is 0 Å². The van der Waals surface area contributed by atoms with Gasteiger partial charge in [-0.2, -0.15) is 0 Å². The van der Waals surface area contributed by atoms with E-state index in [2.05, 4.69) is 39.4 Å². The van der Waals surface area contributed by atoms with E-state index in [-0.39, 0.29) is 6.09 Å². The molecular weight excluding hydrogens is 340 g/mol. The van der Waals surface area contributed by atoms with Crippen LogP contribution in [0.25, 0.3) is 0 Å². The molecule has 6 heteroatoms. The van der Waals surface area contributed by atoms with Crippen LogP contribution in [0.15, 0.2) is 24.3 Å². The average molecular weight is 375 g/mol. The first-order valence-electron chi connectivity index (χ1n) is 10.2. The molecule has 2 aliphatic heterocycles. The highest BCUT2D eigenvalue weighted by Crippen LogP contribution is 2.21. The molecule has 2 saturated heterocycles. The largest absolute Gasteiger partial charge is 0.444 e. The van der Waals surface area contributed by atoms with Crippen LogP contribution in [-0.2, 0) is 4.74 Å². The molecule has 2 fully saturated rings. The molecule has 1 amide bonds. The number of rotatable bonds is 5. The van der Waals surface area contributed by atoms with Gasteiger partial charge in [-0.25, -0.2) is 4.79 Å². The van der Waals surface area contributed by atoms with Crippen LogP contribution in [-0.4, -0.2) is 73.9 Å². The lowest BCUT2D eigenvalue weighted by Gasteiger charge is -2.36. The van der Waals surface area contributed by atoms with Crippen LogP contribution in [0.2, 0.25) is 0 Å². The Morgan fingerprint density at radius 3 is 2.44 bits per heavy atom. The summed E-state index contributed by atoms with van der Waals surface area (Å²) in [6.45, 7) is 13.3. The molecule has 27 heavy (non-hydrogen) atoms. The summed E-state index contributed by atoms with van der Waals surface area (Å²) < 4.78 is 5.48. The zero-order valence-corrected chi connectivity index (χ0v) is 17.0. The number of anilines is 2. The molecule has 0 aromatic heterocycles. The second kappa shape index (κ2) is 8.83. The van der Waals surface area contributed by atoms with Crippen molar-refractivity contribution in [1.29, 1.82) is 0 Å². The lowest BCUT2D eigenvalue weighted by molar-refractivity contribution is 0.0240. The van der Waals surface area contributed by atoms with Crippen molar-refractivity contribution >= 4 is 17.5 Å². The van der Waals surface area contributed by atoms with Crippen molar-refractivity contribution in [2.45, 2.75) is 39.2 Å². The first kappa shape index (κ1) is 19.8. The fourth-order valence-electron chi connectivity index (χ4n) is 3.65. The number of hydrogen-bond acceptors (Lipinski definition) is 5. The SMILES string of the molecule is CC(C)(C)OC(=O)N1CCN(c2cccc(NCCN3CCCC3)c2)CC1. The highest BCUT2D eigenvalue weighted by molar-refractivity contribution is 5.69. The second-order valence-corrected chi connectivity index (χ2v) is 8.48. The molecule has 0 saturated carbocycles. The number of carbonyl (C=O) groups excluding carboxylic acids is 1. The van der Waals surface area contributed by atoms with Gasteiger partial charge < -0.3 is 24.8 Å². The van der Waals surface area contributed by atoms with Gasteiger partial charge in [0.05, 0.1) is 0 Å². The smallest absolute Gasteiger partial charge is 0.410 e. The van der Waals surface area contributed by atoms with Crippen LogP contribution in [0.3, 0.4) is 0 Å². The van der Waals surface area contributed by atoms with E-state index in [9.17, 15) is 4.79 Å². The molecular formula is C21H34N4O2. The van der Waals surface area contributed by atoms with E-state index >= 15 is 0 Å². The number of amides is 1. The predicted octanol–water partition coefficient (Wildman–Crippen LogP) is 3.25. The molecule has 1 aromatic carbocycles. The molecule has 3 rings (SSSR count). The zero-order valence-electron chi connectivity index (χ0n) is 17.0. The summed E-state index contributed by atoms with van der Waals surface area (Å²) >= 11 is 0. The van der Waals surface area contributed by atoms with Gasteiger partial charge in [-0.15, -0.1) is 0 Å². The van der Waals surface area contributed by atoms with Crippen LogP contribution in [0.1, 0.15) is 33.6 Å². The minimum absolute atomic E-state index is 0.209. The molecule has 0 aliphatic carbocycles. The quantitative estimate of drug-likeness (QED) is 0.857. The highest BCUT2D eigenvalue weighted by atomic mass is 16.6. The highest BCUT2D eigenvalue weighted by Gasteiger charge is 2.26. The molecule has 0 unspecified atom stereocenters. The first-order valence-corrected chi connectivity index (χ1v) is 10.2. The Morgan fingerprint density at radius 2 is 1.78 bits per heavy atom. The minimum atomic E-state index is -0.441. The van der Waals surface area contributed by atoms with Gasteiger partial charge in [-0.3, -0.25) is 0 Å². The van der Waals surface area contributed by atoms with Gasteiger partial charge in [0.15, 0.2) is 0 Å². The third-order valence-corrected chi connectivity index (χ3v) is 5.10. The number of hydrogen-bond donors (Lipinski definition) is 1. The Balaban J connectivity index is 1.47. The number of carbonyl (C=O) groups is 1. The van der Waals surface area contributed by atoms with Crippen LogP contribution in [0, 0.1) is 0 Å². The van der Waals surface area contributed by atoms with Crippen molar-refractivity contribution in [3.63, 3.8) is 0 Å². The normalized spacial score (nSPS) is 18.6. The summed E-state index contributed by atoms with van der Waals surface area (Å²) in [5.41, 5.74) is 1.94. The maximum atomic E-state index is 12.2. The maximum Gasteiger partial charge on any atom is 0.410 e. The zero-order chi connectivity index (χ0) is 19.3. The summed E-state index contributed by atoms with van der Waals surface area (Å²) in [6, 6.07) is 8.60. The fourth-order valence-corrected chi connectivity index (χ4v) is 3.65. The maximum absolute atomic E-state index is 12.2. The summed E-state index contributed by atoms with van der Waals surface area (Å²) in [5.74, 6) is 0. The molecule has 1 N–H and O–H groups in total. The summed E-state index contributed by atoms with van der Waals surface area (Å²) in [6.07, 6.45) is 2.47. The Labute approximate surface area is 163 Å². The molecule has 150 valence electrons. The van der Waals surface area contributed by atoms with Gasteiger partial charge >= 0.3 is 6.09 Å². The van der Waals surface area contributed by atoms with Gasteiger partial charge in [0.25, 0.3) is 0 Å². The number of piperazine rings is 1. The summed E-state index contributed by atoms with van der Waals surface area (Å²) in [4.78, 5) is 18.9. The second-order valence-electron chi connectivity index (χ2n) is 8.48. The van der Waals surface area contributed by atoms with Crippen molar-refractivity contribution < 1.29 is 9.53 Å².